The lowest BCUT2D eigenvalue weighted by molar-refractivity contribution is 0.175. The predicted octanol–water partition coefficient (Wildman–Crippen LogP) is 3.27. The van der Waals surface area contributed by atoms with E-state index in [1.54, 1.807) is 0 Å². The highest BCUT2D eigenvalue weighted by Crippen LogP contribution is 2.29. The Balaban J connectivity index is 1.46. The summed E-state index contributed by atoms with van der Waals surface area (Å²) < 4.78 is 5.44. The van der Waals surface area contributed by atoms with Crippen LogP contribution in [0.1, 0.15) is 74.6 Å². The Kier molecular flexibility index (Phi) is 5.38. The molecule has 146 valence electrons. The third-order valence-electron chi connectivity index (χ3n) is 5.56. The van der Waals surface area contributed by atoms with Crippen molar-refractivity contribution in [2.75, 3.05) is 31.1 Å². The van der Waals surface area contributed by atoms with Crippen LogP contribution >= 0.6 is 0 Å². The van der Waals surface area contributed by atoms with Gasteiger partial charge in [0.25, 0.3) is 0 Å². The number of nitrogens with zero attached hydrogens (tertiary/aromatic N) is 6. The largest absolute Gasteiger partial charge is 0.357 e. The number of aromatic nitrogens is 4. The van der Waals surface area contributed by atoms with Crippen molar-refractivity contribution in [3.8, 4) is 0 Å². The fourth-order valence-corrected chi connectivity index (χ4v) is 4.09. The number of anilines is 1. The predicted molar refractivity (Wildman–Crippen MR) is 104 cm³/mol. The van der Waals surface area contributed by atoms with E-state index in [-0.39, 0.29) is 0 Å². The lowest BCUT2D eigenvalue weighted by atomic mass is 9.94. The van der Waals surface area contributed by atoms with Crippen molar-refractivity contribution in [2.24, 2.45) is 0 Å². The summed E-state index contributed by atoms with van der Waals surface area (Å²) in [6, 6.07) is 2.22. The molecular weight excluding hydrogens is 340 g/mol. The molecule has 0 bridgehead atoms. The Hall–Kier alpha value is -2.02. The number of hydrogen-bond donors (Lipinski definition) is 0. The van der Waals surface area contributed by atoms with Crippen molar-refractivity contribution in [3.63, 3.8) is 0 Å². The van der Waals surface area contributed by atoms with Gasteiger partial charge in [0.15, 0.2) is 5.82 Å². The maximum atomic E-state index is 5.44. The molecule has 0 N–H and O–H groups in total. The molecule has 2 fully saturated rings. The summed E-state index contributed by atoms with van der Waals surface area (Å²) in [6.45, 7) is 11.2. The Morgan fingerprint density at radius 2 is 1.93 bits per heavy atom. The average Bonchev–Trinajstić information content (AvgIpc) is 3.33. The van der Waals surface area contributed by atoms with Crippen LogP contribution in [0.25, 0.3) is 0 Å². The second-order valence-electron chi connectivity index (χ2n) is 8.17. The fraction of sp³-hybridized carbons (Fsp3) is 0.700. The molecule has 2 saturated heterocycles. The lowest BCUT2D eigenvalue weighted by Crippen LogP contribution is -2.34. The van der Waals surface area contributed by atoms with Crippen molar-refractivity contribution in [3.05, 3.63) is 29.3 Å². The first-order valence-corrected chi connectivity index (χ1v) is 10.2. The SMILES string of the molecule is Cc1nc([C@@H]2CCCN(Cc3nc(C(C)C)no3)C2)cc(N2CCCC2)n1. The molecule has 2 aliphatic heterocycles. The summed E-state index contributed by atoms with van der Waals surface area (Å²) in [5.74, 6) is 4.23. The molecule has 0 aliphatic carbocycles. The van der Waals surface area contributed by atoms with Crippen LogP contribution in [0.3, 0.4) is 0 Å². The van der Waals surface area contributed by atoms with Gasteiger partial charge in [0.05, 0.1) is 12.2 Å². The normalized spacial score (nSPS) is 21.3. The van der Waals surface area contributed by atoms with Crippen molar-refractivity contribution in [1.29, 1.82) is 0 Å². The van der Waals surface area contributed by atoms with Crippen molar-refractivity contribution in [2.45, 2.75) is 64.8 Å². The summed E-state index contributed by atoms with van der Waals surface area (Å²) in [7, 11) is 0. The van der Waals surface area contributed by atoms with Gasteiger partial charge in [-0.25, -0.2) is 9.97 Å². The average molecular weight is 371 g/mol. The van der Waals surface area contributed by atoms with E-state index < -0.39 is 0 Å². The molecule has 2 aromatic rings. The molecule has 2 aromatic heterocycles. The fourth-order valence-electron chi connectivity index (χ4n) is 4.09. The minimum absolute atomic E-state index is 0.296. The molecule has 0 saturated carbocycles. The standard InChI is InChI=1S/C20H30N6O/c1-14(2)20-23-19(27-24-20)13-25-8-6-7-16(12-25)17-11-18(22-15(3)21-17)26-9-4-5-10-26/h11,14,16H,4-10,12-13H2,1-3H3/t16-/m1/s1. The zero-order chi connectivity index (χ0) is 18.8. The molecule has 1 atom stereocenters. The van der Waals surface area contributed by atoms with E-state index in [0.29, 0.717) is 11.8 Å². The molecule has 0 amide bonds. The molecule has 27 heavy (non-hydrogen) atoms. The van der Waals surface area contributed by atoms with Gasteiger partial charge in [-0.1, -0.05) is 19.0 Å². The third-order valence-corrected chi connectivity index (χ3v) is 5.56. The monoisotopic (exact) mass is 370 g/mol. The van der Waals surface area contributed by atoms with Crippen LogP contribution in [0.5, 0.6) is 0 Å². The van der Waals surface area contributed by atoms with E-state index in [1.807, 2.05) is 6.92 Å². The number of piperidine rings is 1. The minimum atomic E-state index is 0.296. The van der Waals surface area contributed by atoms with Gasteiger partial charge in [-0.2, -0.15) is 4.98 Å². The van der Waals surface area contributed by atoms with Crippen LogP contribution in [0.2, 0.25) is 0 Å². The van der Waals surface area contributed by atoms with Crippen molar-refractivity contribution < 1.29 is 4.52 Å². The first-order chi connectivity index (χ1) is 13.1. The van der Waals surface area contributed by atoms with Crippen molar-refractivity contribution >= 4 is 5.82 Å². The summed E-state index contributed by atoms with van der Waals surface area (Å²) in [5.41, 5.74) is 1.18. The highest BCUT2D eigenvalue weighted by molar-refractivity contribution is 5.41. The second-order valence-corrected chi connectivity index (χ2v) is 8.17. The Labute approximate surface area is 161 Å². The van der Waals surface area contributed by atoms with Gasteiger partial charge in [-0.05, 0) is 39.2 Å². The quantitative estimate of drug-likeness (QED) is 0.800. The van der Waals surface area contributed by atoms with Gasteiger partial charge in [0.2, 0.25) is 5.89 Å². The highest BCUT2D eigenvalue weighted by Gasteiger charge is 2.26. The van der Waals surface area contributed by atoms with Crippen LogP contribution in [0.4, 0.5) is 5.82 Å². The first-order valence-electron chi connectivity index (χ1n) is 10.2. The van der Waals surface area contributed by atoms with E-state index in [9.17, 15) is 0 Å². The van der Waals surface area contributed by atoms with Gasteiger partial charge >= 0.3 is 0 Å². The smallest absolute Gasteiger partial charge is 0.240 e. The molecule has 7 nitrogen and oxygen atoms in total. The lowest BCUT2D eigenvalue weighted by Gasteiger charge is -2.31. The molecule has 0 unspecified atom stereocenters. The van der Waals surface area contributed by atoms with Gasteiger partial charge in [-0.3, -0.25) is 4.90 Å². The van der Waals surface area contributed by atoms with Crippen LogP contribution in [0, 0.1) is 6.92 Å². The third kappa shape index (κ3) is 4.29. The molecular formula is C20H30N6O. The van der Waals surface area contributed by atoms with E-state index in [1.165, 1.54) is 25.0 Å². The van der Waals surface area contributed by atoms with Crippen molar-refractivity contribution in [1.82, 2.24) is 25.0 Å². The maximum Gasteiger partial charge on any atom is 0.240 e. The number of rotatable bonds is 5. The Morgan fingerprint density at radius 3 is 2.67 bits per heavy atom. The van der Waals surface area contributed by atoms with Gasteiger partial charge in [-0.15, -0.1) is 0 Å². The molecule has 0 aromatic carbocycles. The van der Waals surface area contributed by atoms with E-state index in [2.05, 4.69) is 44.8 Å². The molecule has 4 heterocycles. The van der Waals surface area contributed by atoms with Crippen LogP contribution < -0.4 is 4.90 Å². The van der Waals surface area contributed by atoms with Crippen LogP contribution in [0.15, 0.2) is 10.6 Å². The minimum Gasteiger partial charge on any atom is -0.357 e. The maximum absolute atomic E-state index is 5.44. The summed E-state index contributed by atoms with van der Waals surface area (Å²) in [5, 5.41) is 4.09. The number of hydrogen-bond acceptors (Lipinski definition) is 7. The molecule has 2 aliphatic rings. The van der Waals surface area contributed by atoms with E-state index in [4.69, 9.17) is 9.51 Å². The topological polar surface area (TPSA) is 71.2 Å². The van der Waals surface area contributed by atoms with Gasteiger partial charge < -0.3 is 9.42 Å². The zero-order valence-corrected chi connectivity index (χ0v) is 16.7. The number of aryl methyl sites for hydroxylation is 1. The highest BCUT2D eigenvalue weighted by atomic mass is 16.5. The molecule has 0 radical (unpaired) electrons. The van der Waals surface area contributed by atoms with E-state index in [0.717, 1.165) is 62.5 Å². The number of likely N-dealkylation sites (tertiary alicyclic amines) is 1. The second kappa shape index (κ2) is 7.92. The molecule has 0 spiro atoms. The van der Waals surface area contributed by atoms with Crippen LogP contribution in [-0.4, -0.2) is 51.2 Å². The molecule has 4 rings (SSSR count). The van der Waals surface area contributed by atoms with E-state index >= 15 is 0 Å². The van der Waals surface area contributed by atoms with Gasteiger partial charge in [0, 0.05) is 37.5 Å². The Bertz CT molecular complexity index is 768. The van der Waals surface area contributed by atoms with Crippen LogP contribution in [-0.2, 0) is 6.54 Å². The van der Waals surface area contributed by atoms with Gasteiger partial charge in [0.1, 0.15) is 11.6 Å². The first kappa shape index (κ1) is 18.3. The summed E-state index contributed by atoms with van der Waals surface area (Å²) in [6.07, 6.45) is 4.86. The Morgan fingerprint density at radius 1 is 1.11 bits per heavy atom. The zero-order valence-electron chi connectivity index (χ0n) is 16.7. The summed E-state index contributed by atoms with van der Waals surface area (Å²) >= 11 is 0. The molecule has 7 heteroatoms. The summed E-state index contributed by atoms with van der Waals surface area (Å²) in [4.78, 5) is 18.8.